The molecule has 2 rings (SSSR count). The predicted octanol–water partition coefficient (Wildman–Crippen LogP) is -0.530. The number of nitrogens with zero attached hydrogens (tertiary/aromatic N) is 2. The molecule has 0 atom stereocenters. The lowest BCUT2D eigenvalue weighted by Gasteiger charge is -2.02. The Morgan fingerprint density at radius 3 is 2.90 bits per heavy atom. The van der Waals surface area contributed by atoms with Crippen molar-refractivity contribution in [3.05, 3.63) is 46.4 Å². The van der Waals surface area contributed by atoms with Gasteiger partial charge in [0.15, 0.2) is 6.61 Å². The van der Waals surface area contributed by atoms with E-state index in [-0.39, 0.29) is 21.9 Å². The Labute approximate surface area is 111 Å². The van der Waals surface area contributed by atoms with Gasteiger partial charge in [-0.25, -0.2) is 4.79 Å². The van der Waals surface area contributed by atoms with Gasteiger partial charge in [-0.05, 0) is 23.1 Å². The Kier molecular flexibility index (Phi) is 3.51. The molecular weight excluding hydrogens is 270 g/mol. The molecule has 0 saturated carbocycles. The van der Waals surface area contributed by atoms with E-state index in [9.17, 15) is 19.9 Å². The van der Waals surface area contributed by atoms with E-state index in [0.29, 0.717) is 0 Å². The molecule has 0 bridgehead atoms. The summed E-state index contributed by atoms with van der Waals surface area (Å²) in [5, 5.41) is 23.5. The lowest BCUT2D eigenvalue weighted by Crippen LogP contribution is -2.35. The second-order valence-electron chi connectivity index (χ2n) is 3.72. The standard InChI is InChI=1S/C11H9N3O6/c12-10(16)9-8(13-20-14(9)18)5-19-11(17)6-2-1-3-7(15)4-6/h1-4,15H,5H2,(H2,12,16). The Morgan fingerprint density at radius 1 is 1.50 bits per heavy atom. The monoisotopic (exact) mass is 279 g/mol. The van der Waals surface area contributed by atoms with Gasteiger partial charge < -0.3 is 20.8 Å². The minimum absolute atomic E-state index is 0.101. The van der Waals surface area contributed by atoms with Gasteiger partial charge in [0.1, 0.15) is 5.75 Å². The summed E-state index contributed by atoms with van der Waals surface area (Å²) in [7, 11) is 0. The largest absolute Gasteiger partial charge is 0.508 e. The first-order valence-electron chi connectivity index (χ1n) is 5.33. The quantitative estimate of drug-likeness (QED) is 0.565. The third kappa shape index (κ3) is 2.66. The van der Waals surface area contributed by atoms with Crippen LogP contribution in [0, 0.1) is 5.21 Å². The second kappa shape index (κ2) is 5.26. The van der Waals surface area contributed by atoms with Crippen molar-refractivity contribution >= 4 is 11.9 Å². The molecule has 2 aromatic rings. The molecule has 9 nitrogen and oxygen atoms in total. The van der Waals surface area contributed by atoms with E-state index in [0.717, 1.165) is 0 Å². The molecule has 0 spiro atoms. The Hall–Kier alpha value is -3.10. The summed E-state index contributed by atoms with van der Waals surface area (Å²) < 4.78 is 9.03. The molecule has 1 amide bonds. The number of esters is 1. The number of benzene rings is 1. The van der Waals surface area contributed by atoms with Crippen LogP contribution in [-0.2, 0) is 11.3 Å². The van der Waals surface area contributed by atoms with Crippen LogP contribution in [0.2, 0.25) is 0 Å². The number of rotatable bonds is 4. The normalized spacial score (nSPS) is 10.2. The lowest BCUT2D eigenvalue weighted by atomic mass is 10.2. The van der Waals surface area contributed by atoms with Gasteiger partial charge >= 0.3 is 5.97 Å². The molecule has 9 heteroatoms. The van der Waals surface area contributed by atoms with Crippen molar-refractivity contribution in [3.63, 3.8) is 0 Å². The third-order valence-corrected chi connectivity index (χ3v) is 2.34. The SMILES string of the molecule is NC(=O)c1c(COC(=O)c2cccc(O)c2)no[n+]1[O-]. The van der Waals surface area contributed by atoms with Gasteiger partial charge in [-0.2, -0.15) is 0 Å². The summed E-state index contributed by atoms with van der Waals surface area (Å²) in [4.78, 5) is 22.5. The number of carbonyl (C=O) groups is 2. The maximum Gasteiger partial charge on any atom is 0.338 e. The average Bonchev–Trinajstić information content (AvgIpc) is 2.77. The highest BCUT2D eigenvalue weighted by molar-refractivity contribution is 5.91. The van der Waals surface area contributed by atoms with E-state index in [2.05, 4.69) is 9.79 Å². The Bertz CT molecular complexity index is 666. The fourth-order valence-corrected chi connectivity index (χ4v) is 1.45. The van der Waals surface area contributed by atoms with Crippen LogP contribution < -0.4 is 10.6 Å². The van der Waals surface area contributed by atoms with E-state index in [4.69, 9.17) is 10.5 Å². The molecule has 0 unspecified atom stereocenters. The van der Waals surface area contributed by atoms with Gasteiger partial charge in [0.2, 0.25) is 0 Å². The third-order valence-electron chi connectivity index (χ3n) is 2.34. The zero-order valence-corrected chi connectivity index (χ0v) is 9.98. The van der Waals surface area contributed by atoms with Gasteiger partial charge in [0.05, 0.1) is 5.56 Å². The van der Waals surface area contributed by atoms with Crippen molar-refractivity contribution in [2.75, 3.05) is 0 Å². The van der Waals surface area contributed by atoms with Gasteiger partial charge in [0.25, 0.3) is 17.3 Å². The summed E-state index contributed by atoms with van der Waals surface area (Å²) in [6, 6.07) is 5.48. The van der Waals surface area contributed by atoms with Crippen molar-refractivity contribution in [1.29, 1.82) is 0 Å². The summed E-state index contributed by atoms with van der Waals surface area (Å²) in [6.07, 6.45) is 0. The van der Waals surface area contributed by atoms with Crippen LogP contribution in [0.15, 0.2) is 28.9 Å². The van der Waals surface area contributed by atoms with Crippen LogP contribution in [0.1, 0.15) is 26.5 Å². The first-order valence-corrected chi connectivity index (χ1v) is 5.33. The molecule has 104 valence electrons. The highest BCUT2D eigenvalue weighted by Gasteiger charge is 2.25. The topological polar surface area (TPSA) is 143 Å². The van der Waals surface area contributed by atoms with Crippen LogP contribution in [0.3, 0.4) is 0 Å². The number of phenols is 1. The fourth-order valence-electron chi connectivity index (χ4n) is 1.45. The molecule has 0 aliphatic carbocycles. The van der Waals surface area contributed by atoms with E-state index in [1.165, 1.54) is 24.3 Å². The van der Waals surface area contributed by atoms with E-state index in [1.54, 1.807) is 0 Å². The van der Waals surface area contributed by atoms with Crippen LogP contribution >= 0.6 is 0 Å². The molecular formula is C11H9N3O6. The highest BCUT2D eigenvalue weighted by Crippen LogP contribution is 2.13. The molecule has 0 saturated heterocycles. The van der Waals surface area contributed by atoms with Gasteiger partial charge in [-0.1, -0.05) is 6.07 Å². The molecule has 0 aliphatic heterocycles. The zero-order chi connectivity index (χ0) is 14.7. The molecule has 1 aromatic carbocycles. The molecule has 1 heterocycles. The van der Waals surface area contributed by atoms with Crippen molar-refractivity contribution < 1.29 is 29.0 Å². The van der Waals surface area contributed by atoms with Crippen molar-refractivity contribution in [3.8, 4) is 5.75 Å². The van der Waals surface area contributed by atoms with Crippen LogP contribution in [0.25, 0.3) is 0 Å². The van der Waals surface area contributed by atoms with Gasteiger partial charge in [-0.3, -0.25) is 9.42 Å². The first kappa shape index (κ1) is 13.3. The highest BCUT2D eigenvalue weighted by atomic mass is 16.8. The van der Waals surface area contributed by atoms with Gasteiger partial charge in [0, 0.05) is 5.16 Å². The first-order chi connectivity index (χ1) is 9.49. The van der Waals surface area contributed by atoms with Crippen LogP contribution in [0.5, 0.6) is 5.75 Å². The number of nitrogens with two attached hydrogens (primary N) is 1. The maximum absolute atomic E-state index is 11.7. The molecule has 0 fully saturated rings. The molecule has 0 radical (unpaired) electrons. The number of carbonyl (C=O) groups excluding carboxylic acids is 2. The zero-order valence-electron chi connectivity index (χ0n) is 9.98. The van der Waals surface area contributed by atoms with Crippen LogP contribution in [0.4, 0.5) is 0 Å². The molecule has 20 heavy (non-hydrogen) atoms. The van der Waals surface area contributed by atoms with Crippen molar-refractivity contribution in [2.45, 2.75) is 6.61 Å². The number of phenolic OH excluding ortho intramolecular Hbond substituents is 1. The number of primary amides is 1. The summed E-state index contributed by atoms with van der Waals surface area (Å²) in [5.41, 5.74) is 4.34. The predicted molar refractivity (Wildman–Crippen MR) is 61.2 cm³/mol. The van der Waals surface area contributed by atoms with Crippen molar-refractivity contribution in [2.24, 2.45) is 5.73 Å². The second-order valence-corrected chi connectivity index (χ2v) is 3.72. The minimum Gasteiger partial charge on any atom is -0.508 e. The van der Waals surface area contributed by atoms with Gasteiger partial charge in [-0.15, -0.1) is 0 Å². The minimum atomic E-state index is -1.05. The van der Waals surface area contributed by atoms with E-state index in [1.807, 2.05) is 0 Å². The van der Waals surface area contributed by atoms with E-state index >= 15 is 0 Å². The number of aromatic hydroxyl groups is 1. The Morgan fingerprint density at radius 2 is 2.25 bits per heavy atom. The molecule has 0 aliphatic rings. The number of aromatic nitrogens is 2. The molecule has 3 N–H and O–H groups in total. The fraction of sp³-hybridized carbons (Fsp3) is 0.0909. The number of hydrogen-bond donors (Lipinski definition) is 2. The average molecular weight is 279 g/mol. The number of amides is 1. The van der Waals surface area contributed by atoms with Crippen LogP contribution in [-0.4, -0.2) is 22.1 Å². The Balaban J connectivity index is 2.09. The summed E-state index contributed by atoms with van der Waals surface area (Å²) >= 11 is 0. The van der Waals surface area contributed by atoms with E-state index < -0.39 is 24.2 Å². The smallest absolute Gasteiger partial charge is 0.338 e. The molecule has 1 aromatic heterocycles. The summed E-state index contributed by atoms with van der Waals surface area (Å²) in [6.45, 7) is -0.467. The number of hydrogen-bond acceptors (Lipinski definition) is 7. The number of ether oxygens (including phenoxy) is 1. The lowest BCUT2D eigenvalue weighted by molar-refractivity contribution is -0.803. The van der Waals surface area contributed by atoms with Crippen molar-refractivity contribution in [1.82, 2.24) is 5.16 Å². The maximum atomic E-state index is 11.7. The summed E-state index contributed by atoms with van der Waals surface area (Å²) in [5.74, 6) is -1.92.